The molecule has 6 nitrogen and oxygen atoms in total. The van der Waals surface area contributed by atoms with Crippen LogP contribution in [0.1, 0.15) is 16.8 Å². The largest absolute Gasteiger partial charge is 0.418 e. The first kappa shape index (κ1) is 21.4. The highest BCUT2D eigenvalue weighted by atomic mass is 19.4. The molecular weight excluding hydrogens is 421 g/mol. The Morgan fingerprint density at radius 3 is 2.38 bits per heavy atom. The van der Waals surface area contributed by atoms with E-state index >= 15 is 0 Å². The number of nitrogens with one attached hydrogen (secondary N) is 1. The van der Waals surface area contributed by atoms with Gasteiger partial charge >= 0.3 is 6.18 Å². The average Bonchev–Trinajstić information content (AvgIpc) is 3.01. The van der Waals surface area contributed by atoms with E-state index in [4.69, 9.17) is 0 Å². The number of amides is 1. The van der Waals surface area contributed by atoms with E-state index in [0.29, 0.717) is 11.0 Å². The number of anilines is 1. The molecule has 2 heterocycles. The van der Waals surface area contributed by atoms with Crippen LogP contribution in [0.3, 0.4) is 0 Å². The summed E-state index contributed by atoms with van der Waals surface area (Å²) in [6, 6.07) is 14.1. The fraction of sp³-hybridized carbons (Fsp3) is 0.174. The summed E-state index contributed by atoms with van der Waals surface area (Å²) < 4.78 is 42.5. The van der Waals surface area contributed by atoms with Crippen LogP contribution in [0.4, 0.5) is 18.9 Å². The summed E-state index contributed by atoms with van der Waals surface area (Å²) >= 11 is 0. The first-order valence-electron chi connectivity index (χ1n) is 9.77. The summed E-state index contributed by atoms with van der Waals surface area (Å²) in [5.41, 5.74) is 1.08. The van der Waals surface area contributed by atoms with Crippen molar-refractivity contribution >= 4 is 22.6 Å². The highest BCUT2D eigenvalue weighted by Gasteiger charge is 2.33. The van der Waals surface area contributed by atoms with Crippen molar-refractivity contribution < 1.29 is 18.0 Å². The van der Waals surface area contributed by atoms with Crippen LogP contribution < -0.4 is 10.9 Å². The number of aromatic nitrogens is 3. The predicted molar refractivity (Wildman–Crippen MR) is 115 cm³/mol. The Hall–Kier alpha value is -3.88. The van der Waals surface area contributed by atoms with Gasteiger partial charge in [0, 0.05) is 11.4 Å². The number of rotatable bonds is 4. The lowest BCUT2D eigenvalue weighted by Gasteiger charge is -2.14. The Morgan fingerprint density at radius 1 is 1.03 bits per heavy atom. The van der Waals surface area contributed by atoms with Crippen LogP contribution in [0, 0.1) is 13.8 Å². The number of carbonyl (C=O) groups excluding carboxylic acids is 1. The molecule has 0 saturated carbocycles. The number of aryl methyl sites for hydroxylation is 1. The molecule has 0 aliphatic rings. The summed E-state index contributed by atoms with van der Waals surface area (Å²) in [6.07, 6.45) is -3.38. The van der Waals surface area contributed by atoms with E-state index in [1.54, 1.807) is 6.92 Å². The van der Waals surface area contributed by atoms with Crippen LogP contribution in [0.2, 0.25) is 0 Å². The van der Waals surface area contributed by atoms with Gasteiger partial charge in [-0.3, -0.25) is 18.7 Å². The minimum absolute atomic E-state index is 0.359. The topological polar surface area (TPSA) is 68.9 Å². The van der Waals surface area contributed by atoms with E-state index in [0.717, 1.165) is 27.6 Å². The molecule has 2 aromatic heterocycles. The molecule has 32 heavy (non-hydrogen) atoms. The van der Waals surface area contributed by atoms with Crippen LogP contribution in [0.25, 0.3) is 16.7 Å². The third-order valence-corrected chi connectivity index (χ3v) is 5.32. The normalized spacial score (nSPS) is 11.7. The highest BCUT2D eigenvalue weighted by Crippen LogP contribution is 2.34. The zero-order valence-corrected chi connectivity index (χ0v) is 17.3. The van der Waals surface area contributed by atoms with E-state index in [-0.39, 0.29) is 5.69 Å². The predicted octanol–water partition coefficient (Wildman–Crippen LogP) is 4.46. The third-order valence-electron chi connectivity index (χ3n) is 5.32. The summed E-state index contributed by atoms with van der Waals surface area (Å²) in [5, 5.41) is 2.60. The average molecular weight is 440 g/mol. The molecule has 4 aromatic rings. The smallest absolute Gasteiger partial charge is 0.324 e. The van der Waals surface area contributed by atoms with E-state index < -0.39 is 29.8 Å². The number of fused-ring (bicyclic) bond motifs is 1. The Morgan fingerprint density at radius 2 is 1.69 bits per heavy atom. The standard InChI is InChI=1S/C23H19F3N4O2/c1-14-15(2)30(16-8-4-3-5-9-16)21-20(14)22(32)29(13-27-21)12-19(31)28-18-11-7-6-10-17(18)23(24,25)26/h3-11,13H,12H2,1-2H3,(H,28,31). The molecule has 9 heteroatoms. The number of alkyl halides is 3. The number of benzene rings is 2. The number of carbonyl (C=O) groups is 1. The molecule has 0 unspecified atom stereocenters. The van der Waals surface area contributed by atoms with Crippen molar-refractivity contribution in [3.05, 3.63) is 88.1 Å². The van der Waals surface area contributed by atoms with Crippen LogP contribution in [0.15, 0.2) is 65.7 Å². The molecule has 0 fully saturated rings. The van der Waals surface area contributed by atoms with Gasteiger partial charge in [0.05, 0.1) is 16.6 Å². The molecule has 0 spiro atoms. The summed E-state index contributed by atoms with van der Waals surface area (Å²) in [4.78, 5) is 29.9. The van der Waals surface area contributed by atoms with Gasteiger partial charge < -0.3 is 5.32 Å². The Balaban J connectivity index is 1.69. The zero-order chi connectivity index (χ0) is 23.0. The van der Waals surface area contributed by atoms with E-state index in [1.165, 1.54) is 24.5 Å². The minimum Gasteiger partial charge on any atom is -0.324 e. The van der Waals surface area contributed by atoms with Gasteiger partial charge in [-0.25, -0.2) is 4.98 Å². The summed E-state index contributed by atoms with van der Waals surface area (Å²) in [6.45, 7) is 3.20. The lowest BCUT2D eigenvalue weighted by Crippen LogP contribution is -2.28. The minimum atomic E-state index is -4.61. The van der Waals surface area contributed by atoms with Crippen LogP contribution in [-0.2, 0) is 17.5 Å². The van der Waals surface area contributed by atoms with Crippen molar-refractivity contribution in [1.29, 1.82) is 0 Å². The van der Waals surface area contributed by atoms with Gasteiger partial charge in [-0.1, -0.05) is 30.3 Å². The van der Waals surface area contributed by atoms with Crippen LogP contribution in [0.5, 0.6) is 0 Å². The van der Waals surface area contributed by atoms with Gasteiger partial charge in [0.15, 0.2) is 5.65 Å². The number of hydrogen-bond acceptors (Lipinski definition) is 3. The second-order valence-electron chi connectivity index (χ2n) is 7.35. The number of hydrogen-bond donors (Lipinski definition) is 1. The van der Waals surface area contributed by atoms with Crippen molar-refractivity contribution in [3.8, 4) is 5.69 Å². The molecule has 1 N–H and O–H groups in total. The highest BCUT2D eigenvalue weighted by molar-refractivity contribution is 5.91. The van der Waals surface area contributed by atoms with Crippen LogP contribution >= 0.6 is 0 Å². The molecule has 1 amide bonds. The van der Waals surface area contributed by atoms with Crippen molar-refractivity contribution in [2.45, 2.75) is 26.6 Å². The van der Waals surface area contributed by atoms with Gasteiger partial charge in [0.1, 0.15) is 12.9 Å². The Labute approximate surface area is 180 Å². The van der Waals surface area contributed by atoms with Gasteiger partial charge in [0.25, 0.3) is 5.56 Å². The monoisotopic (exact) mass is 440 g/mol. The van der Waals surface area contributed by atoms with Gasteiger partial charge in [0.2, 0.25) is 5.91 Å². The number of halogens is 3. The van der Waals surface area contributed by atoms with Crippen molar-refractivity contribution in [2.75, 3.05) is 5.32 Å². The first-order chi connectivity index (χ1) is 15.2. The fourth-order valence-corrected chi connectivity index (χ4v) is 3.68. The SMILES string of the molecule is Cc1c(C)n(-c2ccccc2)c2ncn(CC(=O)Nc3ccccc3C(F)(F)F)c(=O)c12. The van der Waals surface area contributed by atoms with Crippen LogP contribution in [-0.4, -0.2) is 20.0 Å². The van der Waals surface area contributed by atoms with Gasteiger partial charge in [-0.15, -0.1) is 0 Å². The van der Waals surface area contributed by atoms with Crippen molar-refractivity contribution in [2.24, 2.45) is 0 Å². The molecule has 164 valence electrons. The van der Waals surface area contributed by atoms with E-state index in [2.05, 4.69) is 10.3 Å². The maximum absolute atomic E-state index is 13.2. The Kier molecular flexibility index (Phi) is 5.33. The van der Waals surface area contributed by atoms with Gasteiger partial charge in [-0.2, -0.15) is 13.2 Å². The third kappa shape index (κ3) is 3.77. The summed E-state index contributed by atoms with van der Waals surface area (Å²) in [7, 11) is 0. The molecule has 0 aliphatic heterocycles. The number of nitrogens with zero attached hydrogens (tertiary/aromatic N) is 3. The molecular formula is C23H19F3N4O2. The van der Waals surface area contributed by atoms with E-state index in [9.17, 15) is 22.8 Å². The fourth-order valence-electron chi connectivity index (χ4n) is 3.68. The zero-order valence-electron chi connectivity index (χ0n) is 17.3. The molecule has 0 radical (unpaired) electrons. The maximum Gasteiger partial charge on any atom is 0.418 e. The second kappa shape index (κ2) is 7.99. The second-order valence-corrected chi connectivity index (χ2v) is 7.35. The van der Waals surface area contributed by atoms with E-state index in [1.807, 2.05) is 41.8 Å². The lowest BCUT2D eigenvalue weighted by atomic mass is 10.1. The lowest BCUT2D eigenvalue weighted by molar-refractivity contribution is -0.137. The maximum atomic E-state index is 13.2. The molecule has 4 rings (SSSR count). The first-order valence-corrected chi connectivity index (χ1v) is 9.77. The molecule has 0 saturated heterocycles. The molecule has 0 atom stereocenters. The molecule has 0 bridgehead atoms. The van der Waals surface area contributed by atoms with Crippen molar-refractivity contribution in [1.82, 2.24) is 14.1 Å². The van der Waals surface area contributed by atoms with Gasteiger partial charge in [-0.05, 0) is 43.7 Å². The van der Waals surface area contributed by atoms with Crippen molar-refractivity contribution in [3.63, 3.8) is 0 Å². The number of para-hydroxylation sites is 2. The molecule has 2 aromatic carbocycles. The summed E-state index contributed by atoms with van der Waals surface area (Å²) in [5.74, 6) is -0.762. The Bertz CT molecular complexity index is 1370. The molecule has 0 aliphatic carbocycles. The quantitative estimate of drug-likeness (QED) is 0.509.